The SMILES string of the molecule is CCSC1=C(c2ccccc2OC)C(=O)N(c2cc(C)cc(C)c2)C1=O. The van der Waals surface area contributed by atoms with Crippen LogP contribution in [-0.4, -0.2) is 24.7 Å². The van der Waals surface area contributed by atoms with Crippen LogP contribution in [0.25, 0.3) is 5.57 Å². The zero-order valence-electron chi connectivity index (χ0n) is 15.3. The van der Waals surface area contributed by atoms with Crippen molar-refractivity contribution in [3.8, 4) is 5.75 Å². The largest absolute Gasteiger partial charge is 0.496 e. The lowest BCUT2D eigenvalue weighted by Gasteiger charge is -2.17. The molecule has 0 bridgehead atoms. The van der Waals surface area contributed by atoms with Crippen LogP contribution < -0.4 is 9.64 Å². The Kier molecular flexibility index (Phi) is 5.18. The van der Waals surface area contributed by atoms with Gasteiger partial charge in [0.1, 0.15) is 5.75 Å². The number of anilines is 1. The van der Waals surface area contributed by atoms with Gasteiger partial charge in [0.25, 0.3) is 11.8 Å². The molecule has 134 valence electrons. The summed E-state index contributed by atoms with van der Waals surface area (Å²) in [4.78, 5) is 28.1. The van der Waals surface area contributed by atoms with Gasteiger partial charge in [0, 0.05) is 5.56 Å². The number of carbonyl (C=O) groups is 2. The van der Waals surface area contributed by atoms with Crippen molar-refractivity contribution < 1.29 is 14.3 Å². The van der Waals surface area contributed by atoms with Crippen molar-refractivity contribution in [2.45, 2.75) is 20.8 Å². The van der Waals surface area contributed by atoms with Gasteiger partial charge in [0.05, 0.1) is 23.3 Å². The highest BCUT2D eigenvalue weighted by atomic mass is 32.2. The first-order chi connectivity index (χ1) is 12.5. The number of imide groups is 1. The van der Waals surface area contributed by atoms with Gasteiger partial charge in [-0.1, -0.05) is 31.2 Å². The van der Waals surface area contributed by atoms with E-state index in [1.54, 1.807) is 13.2 Å². The second-order valence-corrected chi connectivity index (χ2v) is 7.40. The molecule has 2 amide bonds. The Morgan fingerprint density at radius 3 is 2.27 bits per heavy atom. The number of hydrogen-bond acceptors (Lipinski definition) is 4. The fourth-order valence-corrected chi connectivity index (χ4v) is 4.04. The maximum atomic E-state index is 13.3. The van der Waals surface area contributed by atoms with Crippen LogP contribution in [0.2, 0.25) is 0 Å². The smallest absolute Gasteiger partial charge is 0.272 e. The number of aryl methyl sites for hydroxylation is 2. The molecule has 0 saturated heterocycles. The summed E-state index contributed by atoms with van der Waals surface area (Å²) in [6.07, 6.45) is 0. The first-order valence-corrected chi connectivity index (χ1v) is 9.44. The predicted octanol–water partition coefficient (Wildman–Crippen LogP) is 4.35. The molecule has 2 aromatic rings. The number of nitrogens with zero attached hydrogens (tertiary/aromatic N) is 1. The highest BCUT2D eigenvalue weighted by Gasteiger charge is 2.41. The molecule has 0 aliphatic carbocycles. The minimum absolute atomic E-state index is 0.271. The van der Waals surface area contributed by atoms with Crippen LogP contribution in [0.3, 0.4) is 0 Å². The average Bonchev–Trinajstić information content (AvgIpc) is 2.84. The Balaban J connectivity index is 2.16. The molecule has 1 heterocycles. The van der Waals surface area contributed by atoms with E-state index < -0.39 is 0 Å². The second-order valence-electron chi connectivity index (χ2n) is 6.13. The van der Waals surface area contributed by atoms with Gasteiger partial charge in [-0.2, -0.15) is 0 Å². The molecule has 2 aromatic carbocycles. The van der Waals surface area contributed by atoms with E-state index in [0.717, 1.165) is 11.1 Å². The van der Waals surface area contributed by atoms with Crippen molar-refractivity contribution in [3.05, 3.63) is 64.1 Å². The van der Waals surface area contributed by atoms with Gasteiger partial charge in [-0.05, 0) is 48.9 Å². The van der Waals surface area contributed by atoms with Crippen molar-refractivity contribution in [2.24, 2.45) is 0 Å². The minimum Gasteiger partial charge on any atom is -0.496 e. The zero-order valence-corrected chi connectivity index (χ0v) is 16.1. The summed E-state index contributed by atoms with van der Waals surface area (Å²) in [5.74, 6) is 0.710. The third-order valence-corrected chi connectivity index (χ3v) is 5.13. The van der Waals surface area contributed by atoms with Crippen LogP contribution >= 0.6 is 11.8 Å². The molecular weight excluding hydrogens is 346 g/mol. The summed E-state index contributed by atoms with van der Waals surface area (Å²) < 4.78 is 5.42. The Hall–Kier alpha value is -2.53. The Morgan fingerprint density at radius 1 is 1.00 bits per heavy atom. The molecule has 0 unspecified atom stereocenters. The van der Waals surface area contributed by atoms with Crippen molar-refractivity contribution in [3.63, 3.8) is 0 Å². The quantitative estimate of drug-likeness (QED) is 0.737. The third kappa shape index (κ3) is 3.15. The Labute approximate surface area is 157 Å². The van der Waals surface area contributed by atoms with E-state index in [1.807, 2.05) is 57.2 Å². The van der Waals surface area contributed by atoms with Crippen LogP contribution in [0.15, 0.2) is 47.4 Å². The molecule has 0 radical (unpaired) electrons. The molecule has 0 saturated carbocycles. The van der Waals surface area contributed by atoms with E-state index in [9.17, 15) is 9.59 Å². The highest BCUT2D eigenvalue weighted by Crippen LogP contribution is 2.41. The van der Waals surface area contributed by atoms with Gasteiger partial charge < -0.3 is 4.74 Å². The first kappa shape index (κ1) is 18.3. The number of carbonyl (C=O) groups excluding carboxylic acids is 2. The monoisotopic (exact) mass is 367 g/mol. The molecule has 26 heavy (non-hydrogen) atoms. The fraction of sp³-hybridized carbons (Fsp3) is 0.238. The molecular formula is C21H21NO3S. The maximum Gasteiger partial charge on any atom is 0.272 e. The normalized spacial score (nSPS) is 14.4. The molecule has 0 spiro atoms. The van der Waals surface area contributed by atoms with Crippen molar-refractivity contribution in [1.29, 1.82) is 0 Å². The average molecular weight is 367 g/mol. The predicted molar refractivity (Wildman–Crippen MR) is 106 cm³/mol. The lowest BCUT2D eigenvalue weighted by Crippen LogP contribution is -2.31. The lowest BCUT2D eigenvalue weighted by atomic mass is 10.0. The summed E-state index contributed by atoms with van der Waals surface area (Å²) >= 11 is 1.39. The van der Waals surface area contributed by atoms with Crippen molar-refractivity contribution in [1.82, 2.24) is 0 Å². The summed E-state index contributed by atoms with van der Waals surface area (Å²) in [6.45, 7) is 5.88. The van der Waals surface area contributed by atoms with Gasteiger partial charge in [0.2, 0.25) is 0 Å². The number of methoxy groups -OCH3 is 1. The van der Waals surface area contributed by atoms with Gasteiger partial charge in [0.15, 0.2) is 0 Å². The number of benzene rings is 2. The summed E-state index contributed by atoms with van der Waals surface area (Å²) in [7, 11) is 1.56. The second kappa shape index (κ2) is 7.38. The molecule has 4 nitrogen and oxygen atoms in total. The van der Waals surface area contributed by atoms with E-state index in [2.05, 4.69) is 0 Å². The van der Waals surface area contributed by atoms with Crippen LogP contribution in [-0.2, 0) is 9.59 Å². The van der Waals surface area contributed by atoms with E-state index in [-0.39, 0.29) is 11.8 Å². The van der Waals surface area contributed by atoms with Crippen LogP contribution in [0.4, 0.5) is 5.69 Å². The molecule has 0 fully saturated rings. The third-order valence-electron chi connectivity index (χ3n) is 4.17. The van der Waals surface area contributed by atoms with E-state index in [4.69, 9.17) is 4.74 Å². The fourth-order valence-electron chi connectivity index (χ4n) is 3.19. The standard InChI is InChI=1S/C21H21NO3S/c1-5-26-19-18(16-8-6-7-9-17(16)25-4)20(23)22(21(19)24)15-11-13(2)10-14(3)12-15/h6-12H,5H2,1-4H3. The van der Waals surface area contributed by atoms with E-state index >= 15 is 0 Å². The van der Waals surface area contributed by atoms with E-state index in [1.165, 1.54) is 16.7 Å². The number of amides is 2. The molecule has 3 rings (SSSR count). The molecule has 5 heteroatoms. The number of thioether (sulfide) groups is 1. The van der Waals surface area contributed by atoms with Gasteiger partial charge in [-0.25, -0.2) is 4.90 Å². The van der Waals surface area contributed by atoms with Crippen molar-refractivity contribution >= 4 is 34.8 Å². The topological polar surface area (TPSA) is 46.6 Å². The number of ether oxygens (including phenoxy) is 1. The van der Waals surface area contributed by atoms with Crippen LogP contribution in [0, 0.1) is 13.8 Å². The zero-order chi connectivity index (χ0) is 18.8. The Morgan fingerprint density at radius 2 is 1.65 bits per heavy atom. The maximum absolute atomic E-state index is 13.3. The van der Waals surface area contributed by atoms with Gasteiger partial charge in [-0.3, -0.25) is 9.59 Å². The molecule has 1 aliphatic rings. The first-order valence-electron chi connectivity index (χ1n) is 8.45. The minimum atomic E-state index is -0.305. The number of rotatable bonds is 5. The van der Waals surface area contributed by atoms with Crippen molar-refractivity contribution in [2.75, 3.05) is 17.8 Å². The molecule has 0 N–H and O–H groups in total. The van der Waals surface area contributed by atoms with Gasteiger partial charge >= 0.3 is 0 Å². The highest BCUT2D eigenvalue weighted by molar-refractivity contribution is 8.04. The molecule has 0 aromatic heterocycles. The molecule has 0 atom stereocenters. The number of para-hydroxylation sites is 1. The van der Waals surface area contributed by atoms with Crippen LogP contribution in [0.5, 0.6) is 5.75 Å². The van der Waals surface area contributed by atoms with Gasteiger partial charge in [-0.15, -0.1) is 11.8 Å². The lowest BCUT2D eigenvalue weighted by molar-refractivity contribution is -0.119. The summed E-state index contributed by atoms with van der Waals surface area (Å²) in [5.41, 5.74) is 3.69. The Bertz CT molecular complexity index is 897. The van der Waals surface area contributed by atoms with Crippen LogP contribution in [0.1, 0.15) is 23.6 Å². The number of hydrogen-bond donors (Lipinski definition) is 0. The molecule has 1 aliphatic heterocycles. The summed E-state index contributed by atoms with van der Waals surface area (Å²) in [5, 5.41) is 0. The summed E-state index contributed by atoms with van der Waals surface area (Å²) in [6, 6.07) is 13.1. The van der Waals surface area contributed by atoms with E-state index in [0.29, 0.717) is 33.2 Å².